The topological polar surface area (TPSA) is 67.0 Å². The number of amides is 1. The summed E-state index contributed by atoms with van der Waals surface area (Å²) in [5, 5.41) is 11.2. The van der Waals surface area contributed by atoms with Gasteiger partial charge in [-0.05, 0) is 18.6 Å². The minimum absolute atomic E-state index is 0.0239. The summed E-state index contributed by atoms with van der Waals surface area (Å²) in [7, 11) is 0. The van der Waals surface area contributed by atoms with Gasteiger partial charge in [-0.15, -0.1) is 5.10 Å². The van der Waals surface area contributed by atoms with Crippen molar-refractivity contribution in [3.05, 3.63) is 24.2 Å². The van der Waals surface area contributed by atoms with E-state index >= 15 is 0 Å². The van der Waals surface area contributed by atoms with Crippen molar-refractivity contribution in [3.8, 4) is 0 Å². The Balaban J connectivity index is 1.74. The van der Waals surface area contributed by atoms with E-state index in [1.54, 1.807) is 18.4 Å². The Morgan fingerprint density at radius 2 is 2.24 bits per heavy atom. The van der Waals surface area contributed by atoms with Gasteiger partial charge in [-0.1, -0.05) is 50.8 Å². The molecule has 0 radical (unpaired) electrons. The van der Waals surface area contributed by atoms with Crippen LogP contribution in [-0.2, 0) is 4.79 Å². The molecule has 0 unspecified atom stereocenters. The van der Waals surface area contributed by atoms with Gasteiger partial charge in [-0.25, -0.2) is 0 Å². The van der Waals surface area contributed by atoms with Gasteiger partial charge in [0, 0.05) is 0 Å². The zero-order chi connectivity index (χ0) is 14.9. The number of unbranched alkanes of at least 4 members (excludes halogenated alkanes) is 4. The Hall–Kier alpha value is -1.56. The van der Waals surface area contributed by atoms with Crippen LogP contribution in [-0.4, -0.2) is 22.5 Å². The summed E-state index contributed by atoms with van der Waals surface area (Å²) in [6, 6.07) is 3.58. The first-order valence-corrected chi connectivity index (χ1v) is 8.29. The van der Waals surface area contributed by atoms with Crippen LogP contribution in [0.3, 0.4) is 0 Å². The third-order valence-electron chi connectivity index (χ3n) is 3.22. The van der Waals surface area contributed by atoms with Crippen molar-refractivity contribution in [2.24, 2.45) is 10.2 Å². The van der Waals surface area contributed by atoms with Gasteiger partial charge < -0.3 is 9.73 Å². The second-order valence-electron chi connectivity index (χ2n) is 4.96. The maximum Gasteiger partial charge on any atom is 0.239 e. The quantitative estimate of drug-likeness (QED) is 0.453. The minimum Gasteiger partial charge on any atom is -0.463 e. The lowest BCUT2D eigenvalue weighted by Crippen LogP contribution is -2.24. The molecule has 1 saturated heterocycles. The normalized spacial score (nSPS) is 20.5. The molecule has 2 rings (SSSR count). The molecular formula is C15H21N3O2S. The standard InChI is InChI=1S/C15H21N3O2S/c1-2-3-4-5-6-9-13-14(19)17-15(21-13)18-16-11-12-8-7-10-20-12/h7-8,10-11,13H,2-6,9H2,1H3,(H,17,18,19)/t13-/m0/s1. The van der Waals surface area contributed by atoms with Gasteiger partial charge in [0.25, 0.3) is 0 Å². The fraction of sp³-hybridized carbons (Fsp3) is 0.533. The number of hydrogen-bond acceptors (Lipinski definition) is 5. The van der Waals surface area contributed by atoms with Crippen molar-refractivity contribution in [3.63, 3.8) is 0 Å². The van der Waals surface area contributed by atoms with E-state index in [1.807, 2.05) is 0 Å². The van der Waals surface area contributed by atoms with Crippen molar-refractivity contribution in [2.45, 2.75) is 50.7 Å². The number of amidine groups is 1. The molecule has 0 bridgehead atoms. The Bertz CT molecular complexity index is 497. The lowest BCUT2D eigenvalue weighted by molar-refractivity contribution is -0.118. The highest BCUT2D eigenvalue weighted by Gasteiger charge is 2.29. The number of hydrogen-bond donors (Lipinski definition) is 1. The monoisotopic (exact) mass is 307 g/mol. The summed E-state index contributed by atoms with van der Waals surface area (Å²) in [4.78, 5) is 11.8. The van der Waals surface area contributed by atoms with Crippen LogP contribution in [0.4, 0.5) is 0 Å². The lowest BCUT2D eigenvalue weighted by atomic mass is 10.1. The summed E-state index contributed by atoms with van der Waals surface area (Å²) in [5.74, 6) is 0.684. The van der Waals surface area contributed by atoms with Crippen LogP contribution in [0.5, 0.6) is 0 Å². The Morgan fingerprint density at radius 3 is 3.00 bits per heavy atom. The van der Waals surface area contributed by atoms with Crippen molar-refractivity contribution >= 4 is 29.1 Å². The fourth-order valence-electron chi connectivity index (χ4n) is 2.08. The molecule has 6 heteroatoms. The van der Waals surface area contributed by atoms with Crippen molar-refractivity contribution in [1.82, 2.24) is 5.32 Å². The molecule has 1 atom stereocenters. The third kappa shape index (κ3) is 5.38. The highest BCUT2D eigenvalue weighted by Crippen LogP contribution is 2.24. The molecule has 114 valence electrons. The molecular weight excluding hydrogens is 286 g/mol. The van der Waals surface area contributed by atoms with Crippen molar-refractivity contribution < 1.29 is 9.21 Å². The van der Waals surface area contributed by atoms with E-state index in [2.05, 4.69) is 22.4 Å². The maximum atomic E-state index is 11.8. The molecule has 1 fully saturated rings. The number of nitrogens with zero attached hydrogens (tertiary/aromatic N) is 2. The SMILES string of the molecule is CCCCCCC[C@@H]1SC(=NN=Cc2ccco2)NC1=O. The number of rotatable bonds is 8. The van der Waals surface area contributed by atoms with E-state index in [0.29, 0.717) is 10.9 Å². The van der Waals surface area contributed by atoms with Gasteiger partial charge in [0.15, 0.2) is 5.17 Å². The predicted octanol–water partition coefficient (Wildman–Crippen LogP) is 3.56. The molecule has 0 spiro atoms. The summed E-state index contributed by atoms with van der Waals surface area (Å²) in [6.45, 7) is 2.20. The van der Waals surface area contributed by atoms with Crippen molar-refractivity contribution in [2.75, 3.05) is 0 Å². The molecule has 1 N–H and O–H groups in total. The average Bonchev–Trinajstić information content (AvgIpc) is 3.09. The number of nitrogens with one attached hydrogen (secondary N) is 1. The Labute approximate surface area is 129 Å². The van der Waals surface area contributed by atoms with Gasteiger partial charge in [-0.2, -0.15) is 5.10 Å². The van der Waals surface area contributed by atoms with Gasteiger partial charge in [0.1, 0.15) is 5.76 Å². The Kier molecular flexibility index (Phi) is 6.53. The molecule has 0 aliphatic carbocycles. The van der Waals surface area contributed by atoms with E-state index in [1.165, 1.54) is 43.7 Å². The fourth-order valence-corrected chi connectivity index (χ4v) is 3.05. The van der Waals surface area contributed by atoms with Crippen LogP contribution in [0.15, 0.2) is 33.0 Å². The molecule has 1 aliphatic heterocycles. The van der Waals surface area contributed by atoms with Crippen LogP contribution < -0.4 is 5.32 Å². The van der Waals surface area contributed by atoms with E-state index in [0.717, 1.165) is 12.8 Å². The number of carbonyl (C=O) groups excluding carboxylic acids is 1. The predicted molar refractivity (Wildman–Crippen MR) is 86.6 cm³/mol. The molecule has 0 aromatic carbocycles. The van der Waals surface area contributed by atoms with Crippen LogP contribution in [0.25, 0.3) is 0 Å². The second kappa shape index (κ2) is 8.67. The molecule has 2 heterocycles. The molecule has 1 aromatic heterocycles. The van der Waals surface area contributed by atoms with Gasteiger partial charge >= 0.3 is 0 Å². The van der Waals surface area contributed by atoms with Crippen LogP contribution >= 0.6 is 11.8 Å². The maximum absolute atomic E-state index is 11.8. The van der Waals surface area contributed by atoms with Gasteiger partial charge in [-0.3, -0.25) is 4.79 Å². The minimum atomic E-state index is -0.0239. The van der Waals surface area contributed by atoms with Crippen LogP contribution in [0.2, 0.25) is 0 Å². The summed E-state index contributed by atoms with van der Waals surface area (Å²) in [6.07, 6.45) is 10.1. The summed E-state index contributed by atoms with van der Waals surface area (Å²) >= 11 is 1.46. The average molecular weight is 307 g/mol. The lowest BCUT2D eigenvalue weighted by Gasteiger charge is -2.04. The first-order chi connectivity index (χ1) is 10.3. The second-order valence-corrected chi connectivity index (χ2v) is 6.16. The van der Waals surface area contributed by atoms with E-state index in [4.69, 9.17) is 4.42 Å². The zero-order valence-electron chi connectivity index (χ0n) is 12.2. The molecule has 21 heavy (non-hydrogen) atoms. The Morgan fingerprint density at radius 1 is 1.38 bits per heavy atom. The van der Waals surface area contributed by atoms with E-state index < -0.39 is 0 Å². The summed E-state index contributed by atoms with van der Waals surface area (Å²) in [5.41, 5.74) is 0. The van der Waals surface area contributed by atoms with Gasteiger partial charge in [0.05, 0.1) is 17.7 Å². The van der Waals surface area contributed by atoms with E-state index in [-0.39, 0.29) is 11.2 Å². The first kappa shape index (κ1) is 15.8. The highest BCUT2D eigenvalue weighted by atomic mass is 32.2. The highest BCUT2D eigenvalue weighted by molar-refractivity contribution is 8.15. The molecule has 1 amide bonds. The zero-order valence-corrected chi connectivity index (χ0v) is 13.1. The first-order valence-electron chi connectivity index (χ1n) is 7.41. The smallest absolute Gasteiger partial charge is 0.239 e. The number of carbonyl (C=O) groups is 1. The van der Waals surface area contributed by atoms with Crippen LogP contribution in [0, 0.1) is 0 Å². The largest absolute Gasteiger partial charge is 0.463 e. The van der Waals surface area contributed by atoms with Crippen molar-refractivity contribution in [1.29, 1.82) is 0 Å². The molecule has 1 aromatic rings. The molecule has 0 saturated carbocycles. The number of thioether (sulfide) groups is 1. The van der Waals surface area contributed by atoms with E-state index in [9.17, 15) is 4.79 Å². The van der Waals surface area contributed by atoms with Gasteiger partial charge in [0.2, 0.25) is 5.91 Å². The number of furan rings is 1. The molecule has 5 nitrogen and oxygen atoms in total. The third-order valence-corrected chi connectivity index (χ3v) is 4.36. The summed E-state index contributed by atoms with van der Waals surface area (Å²) < 4.78 is 5.11. The molecule has 1 aliphatic rings. The van der Waals surface area contributed by atoms with Crippen LogP contribution in [0.1, 0.15) is 51.2 Å².